The molecule has 0 aliphatic carbocycles. The fraction of sp³-hybridized carbons (Fsp3) is 0.818. The highest BCUT2D eigenvalue weighted by Gasteiger charge is 2.36. The Bertz CT molecular complexity index is 297. The monoisotopic (exact) mass is 227 g/mol. The highest BCUT2D eigenvalue weighted by molar-refractivity contribution is 5.90. The predicted octanol–water partition coefficient (Wildman–Crippen LogP) is 0.329. The van der Waals surface area contributed by atoms with Gasteiger partial charge >= 0.3 is 11.9 Å². The molecule has 0 aromatic heterocycles. The summed E-state index contributed by atoms with van der Waals surface area (Å²) >= 11 is 0. The largest absolute Gasteiger partial charge is 0.391 e. The molecule has 5 nitrogen and oxygen atoms in total. The van der Waals surface area contributed by atoms with Gasteiger partial charge in [-0.3, -0.25) is 14.5 Å². The fourth-order valence-electron chi connectivity index (χ4n) is 2.35. The molecule has 0 saturated carbocycles. The molecular weight excluding hydrogens is 210 g/mol. The van der Waals surface area contributed by atoms with E-state index < -0.39 is 11.9 Å². The topological polar surface area (TPSA) is 55.8 Å². The summed E-state index contributed by atoms with van der Waals surface area (Å²) in [5.41, 5.74) is -0.173. The molecule has 0 N–H and O–H groups in total. The van der Waals surface area contributed by atoms with Gasteiger partial charge in [0.05, 0.1) is 18.7 Å². The second kappa shape index (κ2) is 4.14. The van der Waals surface area contributed by atoms with Crippen molar-refractivity contribution in [2.24, 2.45) is 0 Å². The van der Waals surface area contributed by atoms with Gasteiger partial charge in [-0.05, 0) is 26.7 Å². The van der Waals surface area contributed by atoms with Crippen LogP contribution in [0.4, 0.5) is 0 Å². The number of carbonyl (C=O) groups is 2. The minimum atomic E-state index is -0.444. The number of hydrogen-bond donors (Lipinski definition) is 0. The summed E-state index contributed by atoms with van der Waals surface area (Å²) in [7, 11) is 0. The Morgan fingerprint density at radius 2 is 1.88 bits per heavy atom. The van der Waals surface area contributed by atoms with Gasteiger partial charge in [0.1, 0.15) is 0 Å². The molecule has 0 aromatic rings. The Kier molecular flexibility index (Phi) is 2.99. The summed E-state index contributed by atoms with van der Waals surface area (Å²) < 4.78 is 10.1. The Labute approximate surface area is 94.7 Å². The normalized spacial score (nSPS) is 31.2. The predicted molar refractivity (Wildman–Crippen MR) is 55.7 cm³/mol. The average Bonchev–Trinajstić information content (AvgIpc) is 2.14. The Balaban J connectivity index is 2.01. The molecule has 2 aliphatic rings. The quantitative estimate of drug-likeness (QED) is 0.477. The van der Waals surface area contributed by atoms with Crippen LogP contribution in [-0.4, -0.2) is 48.2 Å². The van der Waals surface area contributed by atoms with Gasteiger partial charge in [-0.25, -0.2) is 0 Å². The van der Waals surface area contributed by atoms with Gasteiger partial charge in [-0.2, -0.15) is 0 Å². The standard InChI is InChI=1S/C11H17NO4/c1-11(2)5-8(3-4-15-11)12-6-9(13)16-10(14)7-12/h8H,3-7H2,1-2H3. The second-order valence-corrected chi connectivity index (χ2v) is 5.01. The SMILES string of the molecule is CC1(C)CC(N2CC(=O)OC(=O)C2)CCO1. The van der Waals surface area contributed by atoms with Crippen LogP contribution in [0.1, 0.15) is 26.7 Å². The number of hydrogen-bond acceptors (Lipinski definition) is 5. The zero-order chi connectivity index (χ0) is 11.8. The Morgan fingerprint density at radius 1 is 1.25 bits per heavy atom. The first-order chi connectivity index (χ1) is 7.46. The lowest BCUT2D eigenvalue weighted by Gasteiger charge is -2.41. The number of rotatable bonds is 1. The van der Waals surface area contributed by atoms with Crippen LogP contribution < -0.4 is 0 Å². The molecule has 0 radical (unpaired) electrons. The molecule has 16 heavy (non-hydrogen) atoms. The van der Waals surface area contributed by atoms with Crippen LogP contribution in [0.3, 0.4) is 0 Å². The van der Waals surface area contributed by atoms with Crippen LogP contribution in [0.15, 0.2) is 0 Å². The molecule has 1 unspecified atom stereocenters. The first-order valence-corrected chi connectivity index (χ1v) is 5.58. The molecule has 0 amide bonds. The van der Waals surface area contributed by atoms with Crippen LogP contribution in [0.2, 0.25) is 0 Å². The highest BCUT2D eigenvalue weighted by atomic mass is 16.6. The summed E-state index contributed by atoms with van der Waals surface area (Å²) in [5.74, 6) is -0.888. The molecule has 0 bridgehead atoms. The maximum atomic E-state index is 11.2. The van der Waals surface area contributed by atoms with Crippen molar-refractivity contribution in [1.29, 1.82) is 0 Å². The van der Waals surface area contributed by atoms with E-state index in [1.54, 1.807) is 0 Å². The summed E-state index contributed by atoms with van der Waals surface area (Å²) in [6, 6.07) is 0.237. The summed E-state index contributed by atoms with van der Waals surface area (Å²) in [5, 5.41) is 0. The number of ether oxygens (including phenoxy) is 2. The van der Waals surface area contributed by atoms with Crippen LogP contribution in [0.25, 0.3) is 0 Å². The fourth-order valence-corrected chi connectivity index (χ4v) is 2.35. The molecule has 2 fully saturated rings. The lowest BCUT2D eigenvalue weighted by molar-refractivity contribution is -0.170. The minimum absolute atomic E-state index is 0.173. The average molecular weight is 227 g/mol. The van der Waals surface area contributed by atoms with Crippen LogP contribution in [0, 0.1) is 0 Å². The van der Waals surface area contributed by atoms with Crippen LogP contribution in [-0.2, 0) is 19.1 Å². The minimum Gasteiger partial charge on any atom is -0.391 e. The first kappa shape index (κ1) is 11.5. The van der Waals surface area contributed by atoms with Gasteiger partial charge in [0.15, 0.2) is 0 Å². The third-order valence-corrected chi connectivity index (χ3v) is 3.08. The van der Waals surface area contributed by atoms with Crippen LogP contribution in [0.5, 0.6) is 0 Å². The highest BCUT2D eigenvalue weighted by Crippen LogP contribution is 2.27. The van der Waals surface area contributed by atoms with Gasteiger partial charge < -0.3 is 9.47 Å². The maximum absolute atomic E-state index is 11.2. The molecule has 1 atom stereocenters. The number of nitrogens with zero attached hydrogens (tertiary/aromatic N) is 1. The molecule has 2 rings (SSSR count). The first-order valence-electron chi connectivity index (χ1n) is 5.58. The number of morpholine rings is 1. The van der Waals surface area contributed by atoms with Crippen molar-refractivity contribution in [3.8, 4) is 0 Å². The number of cyclic esters (lactones) is 2. The van der Waals surface area contributed by atoms with E-state index in [2.05, 4.69) is 4.74 Å². The van der Waals surface area contributed by atoms with E-state index in [1.165, 1.54) is 0 Å². The molecule has 2 aliphatic heterocycles. The van der Waals surface area contributed by atoms with E-state index in [9.17, 15) is 9.59 Å². The summed E-state index contributed by atoms with van der Waals surface area (Å²) in [4.78, 5) is 24.2. The van der Waals surface area contributed by atoms with Gasteiger partial charge in [-0.1, -0.05) is 0 Å². The lowest BCUT2D eigenvalue weighted by atomic mass is 9.92. The molecule has 5 heteroatoms. The lowest BCUT2D eigenvalue weighted by Crippen LogP contribution is -2.52. The van der Waals surface area contributed by atoms with Gasteiger partial charge in [0.25, 0.3) is 0 Å². The zero-order valence-corrected chi connectivity index (χ0v) is 9.69. The van der Waals surface area contributed by atoms with E-state index in [4.69, 9.17) is 4.74 Å². The van der Waals surface area contributed by atoms with Gasteiger partial charge in [0.2, 0.25) is 0 Å². The molecule has 2 saturated heterocycles. The van der Waals surface area contributed by atoms with E-state index >= 15 is 0 Å². The Hall–Kier alpha value is -0.940. The van der Waals surface area contributed by atoms with Crippen molar-refractivity contribution in [2.45, 2.75) is 38.3 Å². The molecule has 90 valence electrons. The van der Waals surface area contributed by atoms with Crippen molar-refractivity contribution in [2.75, 3.05) is 19.7 Å². The van der Waals surface area contributed by atoms with E-state index in [0.29, 0.717) is 6.61 Å². The van der Waals surface area contributed by atoms with Crippen molar-refractivity contribution in [1.82, 2.24) is 4.90 Å². The maximum Gasteiger partial charge on any atom is 0.327 e. The van der Waals surface area contributed by atoms with Crippen molar-refractivity contribution in [3.63, 3.8) is 0 Å². The summed E-state index contributed by atoms with van der Waals surface area (Å²) in [6.45, 7) is 5.17. The third kappa shape index (κ3) is 2.59. The number of carbonyl (C=O) groups excluding carboxylic acids is 2. The van der Waals surface area contributed by atoms with E-state index in [0.717, 1.165) is 12.8 Å². The van der Waals surface area contributed by atoms with E-state index in [-0.39, 0.29) is 24.7 Å². The van der Waals surface area contributed by atoms with Gasteiger partial charge in [0, 0.05) is 12.6 Å². The van der Waals surface area contributed by atoms with Gasteiger partial charge in [-0.15, -0.1) is 0 Å². The summed E-state index contributed by atoms with van der Waals surface area (Å²) in [6.07, 6.45) is 1.71. The van der Waals surface area contributed by atoms with E-state index in [1.807, 2.05) is 18.7 Å². The van der Waals surface area contributed by atoms with Crippen molar-refractivity contribution < 1.29 is 19.1 Å². The third-order valence-electron chi connectivity index (χ3n) is 3.08. The van der Waals surface area contributed by atoms with Crippen molar-refractivity contribution in [3.05, 3.63) is 0 Å². The Morgan fingerprint density at radius 3 is 2.44 bits per heavy atom. The van der Waals surface area contributed by atoms with Crippen molar-refractivity contribution >= 4 is 11.9 Å². The number of esters is 2. The molecule has 0 aromatic carbocycles. The molecular formula is C11H17NO4. The smallest absolute Gasteiger partial charge is 0.327 e. The molecule has 2 heterocycles. The van der Waals surface area contributed by atoms with Crippen LogP contribution >= 0.6 is 0 Å². The second-order valence-electron chi connectivity index (χ2n) is 5.01. The molecule has 0 spiro atoms. The zero-order valence-electron chi connectivity index (χ0n) is 9.69.